The molecule has 0 N–H and O–H groups in total. The van der Waals surface area contributed by atoms with Crippen LogP contribution in [0.4, 0.5) is 0 Å². The zero-order valence-corrected chi connectivity index (χ0v) is 9.21. The average molecular weight is 196 g/mol. The zero-order valence-electron chi connectivity index (χ0n) is 9.21. The van der Waals surface area contributed by atoms with Crippen LogP contribution in [0.1, 0.15) is 45.4 Å². The maximum Gasteiger partial charge on any atom is 0.312 e. The second-order valence-corrected chi connectivity index (χ2v) is 5.14. The number of rotatable bonds is 1. The maximum atomic E-state index is 11.9. The fourth-order valence-electron chi connectivity index (χ4n) is 3.67. The zero-order chi connectivity index (χ0) is 10.2. The van der Waals surface area contributed by atoms with Gasteiger partial charge in [-0.2, -0.15) is 0 Å². The van der Waals surface area contributed by atoms with Crippen molar-refractivity contribution in [1.82, 2.24) is 0 Å². The van der Waals surface area contributed by atoms with Crippen molar-refractivity contribution in [3.63, 3.8) is 0 Å². The van der Waals surface area contributed by atoms with Crippen molar-refractivity contribution in [3.05, 3.63) is 0 Å². The van der Waals surface area contributed by atoms with Gasteiger partial charge in [0, 0.05) is 0 Å². The summed E-state index contributed by atoms with van der Waals surface area (Å²) in [5.41, 5.74) is -0.0909. The lowest BCUT2D eigenvalue weighted by Gasteiger charge is -2.36. The van der Waals surface area contributed by atoms with Crippen LogP contribution in [0.5, 0.6) is 0 Å². The molecule has 2 heteroatoms. The molecular formula is C12H20O2. The largest absolute Gasteiger partial charge is 0.469 e. The summed E-state index contributed by atoms with van der Waals surface area (Å²) in [6.07, 6.45) is 7.10. The number of fused-ring (bicyclic) bond motifs is 1. The highest BCUT2D eigenvalue weighted by Gasteiger charge is 2.52. The van der Waals surface area contributed by atoms with Gasteiger partial charge in [-0.3, -0.25) is 4.79 Å². The van der Waals surface area contributed by atoms with Crippen LogP contribution in [0.2, 0.25) is 0 Å². The summed E-state index contributed by atoms with van der Waals surface area (Å²) in [5, 5.41) is 0. The Morgan fingerprint density at radius 3 is 2.93 bits per heavy atom. The molecule has 2 aliphatic rings. The van der Waals surface area contributed by atoms with E-state index in [4.69, 9.17) is 4.74 Å². The number of methoxy groups -OCH3 is 1. The summed E-state index contributed by atoms with van der Waals surface area (Å²) in [4.78, 5) is 11.9. The molecule has 0 aromatic rings. The molecule has 14 heavy (non-hydrogen) atoms. The monoisotopic (exact) mass is 196 g/mol. The van der Waals surface area contributed by atoms with Crippen LogP contribution in [0, 0.1) is 17.3 Å². The predicted octanol–water partition coefficient (Wildman–Crippen LogP) is 2.77. The molecule has 80 valence electrons. The third-order valence-electron chi connectivity index (χ3n) is 4.20. The molecule has 0 radical (unpaired) electrons. The van der Waals surface area contributed by atoms with E-state index in [9.17, 15) is 4.79 Å². The van der Waals surface area contributed by atoms with Gasteiger partial charge in [-0.15, -0.1) is 0 Å². The molecule has 0 bridgehead atoms. The first-order valence-corrected chi connectivity index (χ1v) is 5.77. The van der Waals surface area contributed by atoms with Crippen molar-refractivity contribution in [2.24, 2.45) is 17.3 Å². The van der Waals surface area contributed by atoms with Crippen molar-refractivity contribution in [2.45, 2.75) is 45.4 Å². The highest BCUT2D eigenvalue weighted by Crippen LogP contribution is 2.54. The minimum atomic E-state index is -0.0909. The topological polar surface area (TPSA) is 26.3 Å². The first kappa shape index (κ1) is 10.0. The molecule has 0 amide bonds. The Balaban J connectivity index is 2.23. The smallest absolute Gasteiger partial charge is 0.312 e. The molecule has 0 saturated heterocycles. The normalized spacial score (nSPS) is 41.9. The van der Waals surface area contributed by atoms with Crippen LogP contribution in [0.3, 0.4) is 0 Å². The summed E-state index contributed by atoms with van der Waals surface area (Å²) < 4.78 is 5.00. The molecule has 2 rings (SSSR count). The Morgan fingerprint density at radius 2 is 2.21 bits per heavy atom. The number of hydrogen-bond donors (Lipinski definition) is 0. The predicted molar refractivity (Wildman–Crippen MR) is 54.8 cm³/mol. The molecule has 2 fully saturated rings. The van der Waals surface area contributed by atoms with Gasteiger partial charge in [0.2, 0.25) is 0 Å². The maximum absolute atomic E-state index is 11.9. The standard InChI is InChI=1S/C12H20O2/c1-9-7-10-5-3-4-6-12(10,8-9)11(13)14-2/h9-10H,3-8H2,1-2H3/t9-,10-,12-/m0/s1. The van der Waals surface area contributed by atoms with E-state index in [1.165, 1.54) is 32.8 Å². The summed E-state index contributed by atoms with van der Waals surface area (Å²) in [7, 11) is 1.53. The van der Waals surface area contributed by atoms with Gasteiger partial charge in [0.25, 0.3) is 0 Å². The van der Waals surface area contributed by atoms with Crippen LogP contribution in [-0.4, -0.2) is 13.1 Å². The summed E-state index contributed by atoms with van der Waals surface area (Å²) in [6.45, 7) is 2.27. The molecule has 0 aromatic heterocycles. The van der Waals surface area contributed by atoms with Crippen molar-refractivity contribution < 1.29 is 9.53 Å². The van der Waals surface area contributed by atoms with E-state index in [0.29, 0.717) is 11.8 Å². The van der Waals surface area contributed by atoms with Crippen molar-refractivity contribution in [2.75, 3.05) is 7.11 Å². The summed E-state index contributed by atoms with van der Waals surface area (Å²) >= 11 is 0. The molecule has 2 saturated carbocycles. The molecule has 3 atom stereocenters. The number of esters is 1. The molecule has 2 nitrogen and oxygen atoms in total. The first-order valence-electron chi connectivity index (χ1n) is 5.77. The quantitative estimate of drug-likeness (QED) is 0.603. The van der Waals surface area contributed by atoms with Crippen molar-refractivity contribution >= 4 is 5.97 Å². The van der Waals surface area contributed by atoms with E-state index in [1.807, 2.05) is 0 Å². The first-order chi connectivity index (χ1) is 6.69. The van der Waals surface area contributed by atoms with Gasteiger partial charge in [-0.1, -0.05) is 19.8 Å². The van der Waals surface area contributed by atoms with Crippen LogP contribution in [-0.2, 0) is 9.53 Å². The van der Waals surface area contributed by atoms with E-state index in [2.05, 4.69) is 6.92 Å². The number of carbonyl (C=O) groups is 1. The van der Waals surface area contributed by atoms with Gasteiger partial charge >= 0.3 is 5.97 Å². The van der Waals surface area contributed by atoms with Crippen molar-refractivity contribution in [1.29, 1.82) is 0 Å². The highest BCUT2D eigenvalue weighted by atomic mass is 16.5. The molecule has 2 aliphatic carbocycles. The molecule has 0 spiro atoms. The van der Waals surface area contributed by atoms with Gasteiger partial charge in [-0.25, -0.2) is 0 Å². The Kier molecular flexibility index (Phi) is 2.54. The van der Waals surface area contributed by atoms with Crippen LogP contribution in [0.25, 0.3) is 0 Å². The SMILES string of the molecule is COC(=O)[C@]12CCCC[C@H]1C[C@H](C)C2. The Bertz CT molecular complexity index is 236. The van der Waals surface area contributed by atoms with Crippen LogP contribution < -0.4 is 0 Å². The van der Waals surface area contributed by atoms with Crippen LogP contribution in [0.15, 0.2) is 0 Å². The number of carbonyl (C=O) groups excluding carboxylic acids is 1. The Hall–Kier alpha value is -0.530. The van der Waals surface area contributed by atoms with E-state index in [0.717, 1.165) is 12.8 Å². The number of hydrogen-bond acceptors (Lipinski definition) is 2. The highest BCUT2D eigenvalue weighted by molar-refractivity contribution is 5.77. The second kappa shape index (κ2) is 3.56. The second-order valence-electron chi connectivity index (χ2n) is 5.14. The lowest BCUT2D eigenvalue weighted by molar-refractivity contribution is -0.157. The minimum absolute atomic E-state index is 0.0616. The molecule has 0 unspecified atom stereocenters. The van der Waals surface area contributed by atoms with Gasteiger partial charge in [-0.05, 0) is 37.5 Å². The molecule has 0 aromatic carbocycles. The summed E-state index contributed by atoms with van der Waals surface area (Å²) in [6, 6.07) is 0. The third-order valence-corrected chi connectivity index (χ3v) is 4.20. The van der Waals surface area contributed by atoms with Crippen molar-refractivity contribution in [3.8, 4) is 0 Å². The summed E-state index contributed by atoms with van der Waals surface area (Å²) in [5.74, 6) is 1.38. The average Bonchev–Trinajstić information content (AvgIpc) is 2.53. The van der Waals surface area contributed by atoms with Gasteiger partial charge in [0.05, 0.1) is 12.5 Å². The lowest BCUT2D eigenvalue weighted by Crippen LogP contribution is -2.38. The third kappa shape index (κ3) is 1.35. The Morgan fingerprint density at radius 1 is 1.43 bits per heavy atom. The van der Waals surface area contributed by atoms with E-state index >= 15 is 0 Å². The van der Waals surface area contributed by atoms with E-state index < -0.39 is 0 Å². The molecule has 0 aliphatic heterocycles. The fraction of sp³-hybridized carbons (Fsp3) is 0.917. The van der Waals surface area contributed by atoms with Gasteiger partial charge in [0.15, 0.2) is 0 Å². The molecule has 0 heterocycles. The van der Waals surface area contributed by atoms with Gasteiger partial charge < -0.3 is 4.74 Å². The fourth-order valence-corrected chi connectivity index (χ4v) is 3.67. The van der Waals surface area contributed by atoms with E-state index in [1.54, 1.807) is 0 Å². The van der Waals surface area contributed by atoms with Gasteiger partial charge in [0.1, 0.15) is 0 Å². The molecular weight excluding hydrogens is 176 g/mol. The number of ether oxygens (including phenoxy) is 1. The Labute approximate surface area is 86.0 Å². The van der Waals surface area contributed by atoms with E-state index in [-0.39, 0.29) is 11.4 Å². The lowest BCUT2D eigenvalue weighted by atomic mass is 9.68. The van der Waals surface area contributed by atoms with Crippen LogP contribution >= 0.6 is 0 Å². The minimum Gasteiger partial charge on any atom is -0.469 e.